The summed E-state index contributed by atoms with van der Waals surface area (Å²) in [5, 5.41) is 5.49. The lowest BCUT2D eigenvalue weighted by atomic mass is 10.2. The summed E-state index contributed by atoms with van der Waals surface area (Å²) in [6.45, 7) is 0. The highest BCUT2D eigenvalue weighted by atomic mass is 16.1. The molecule has 6 nitrogen and oxygen atoms in total. The third-order valence-electron chi connectivity index (χ3n) is 2.09. The molecule has 0 radical (unpaired) electrons. The summed E-state index contributed by atoms with van der Waals surface area (Å²) in [6, 6.07) is 3.39. The Kier molecular flexibility index (Phi) is 3.25. The number of carbonyl (C=O) groups excluding carboxylic acids is 1. The van der Waals surface area contributed by atoms with Crippen molar-refractivity contribution in [3.05, 3.63) is 42.5 Å². The lowest BCUT2D eigenvalue weighted by molar-refractivity contribution is 0.102. The van der Waals surface area contributed by atoms with Gasteiger partial charge in [0.05, 0.1) is 11.8 Å². The minimum atomic E-state index is -0.275. The molecule has 0 aliphatic rings. The van der Waals surface area contributed by atoms with Gasteiger partial charge in [0.2, 0.25) is 0 Å². The van der Waals surface area contributed by atoms with Crippen molar-refractivity contribution in [3.63, 3.8) is 0 Å². The number of amides is 1. The van der Waals surface area contributed by atoms with Crippen molar-refractivity contribution >= 4 is 17.5 Å². The van der Waals surface area contributed by atoms with Gasteiger partial charge in [-0.3, -0.25) is 9.78 Å². The third kappa shape index (κ3) is 2.54. The Labute approximate surface area is 98.1 Å². The maximum absolute atomic E-state index is 11.9. The van der Waals surface area contributed by atoms with Crippen LogP contribution in [0.3, 0.4) is 0 Å². The molecule has 2 heterocycles. The smallest absolute Gasteiger partial charge is 0.260 e. The zero-order valence-electron chi connectivity index (χ0n) is 9.21. The number of nitrogens with one attached hydrogen (secondary N) is 2. The van der Waals surface area contributed by atoms with Crippen LogP contribution in [0.2, 0.25) is 0 Å². The van der Waals surface area contributed by atoms with E-state index in [9.17, 15) is 4.79 Å². The molecule has 0 fully saturated rings. The standard InChI is InChI=1S/C11H11N5O/c1-12-10-8(3-2-4-15-10)11(17)16-9-7-13-5-6-14-9/h2-7H,1H3,(H,12,15)(H,14,16,17). The molecule has 2 aromatic heterocycles. The number of aromatic nitrogens is 3. The molecule has 0 aliphatic carbocycles. The highest BCUT2D eigenvalue weighted by Gasteiger charge is 2.11. The number of hydrogen-bond donors (Lipinski definition) is 2. The van der Waals surface area contributed by atoms with Gasteiger partial charge in [-0.15, -0.1) is 0 Å². The Morgan fingerprint density at radius 3 is 2.82 bits per heavy atom. The van der Waals surface area contributed by atoms with Crippen molar-refractivity contribution in [1.29, 1.82) is 0 Å². The number of pyridine rings is 1. The van der Waals surface area contributed by atoms with Gasteiger partial charge in [0, 0.05) is 25.6 Å². The zero-order valence-corrected chi connectivity index (χ0v) is 9.21. The van der Waals surface area contributed by atoms with Crippen LogP contribution in [-0.2, 0) is 0 Å². The van der Waals surface area contributed by atoms with Crippen LogP contribution in [0.5, 0.6) is 0 Å². The second-order valence-electron chi connectivity index (χ2n) is 3.19. The summed E-state index contributed by atoms with van der Waals surface area (Å²) >= 11 is 0. The first kappa shape index (κ1) is 11.0. The van der Waals surface area contributed by atoms with Crippen molar-refractivity contribution < 1.29 is 4.79 Å². The molecular formula is C11H11N5O. The first-order chi connectivity index (χ1) is 8.31. The number of rotatable bonds is 3. The topological polar surface area (TPSA) is 79.8 Å². The van der Waals surface area contributed by atoms with Gasteiger partial charge in [0.25, 0.3) is 5.91 Å². The largest absolute Gasteiger partial charge is 0.372 e. The van der Waals surface area contributed by atoms with Crippen LogP contribution in [0.1, 0.15) is 10.4 Å². The van der Waals surface area contributed by atoms with Gasteiger partial charge >= 0.3 is 0 Å². The van der Waals surface area contributed by atoms with E-state index in [-0.39, 0.29) is 5.91 Å². The van der Waals surface area contributed by atoms with E-state index in [0.717, 1.165) is 0 Å². The average molecular weight is 229 g/mol. The molecule has 1 amide bonds. The Bertz CT molecular complexity index is 514. The van der Waals surface area contributed by atoms with Gasteiger partial charge in [0.15, 0.2) is 5.82 Å². The predicted octanol–water partition coefficient (Wildman–Crippen LogP) is 1.17. The fourth-order valence-electron chi connectivity index (χ4n) is 1.34. The van der Waals surface area contributed by atoms with Gasteiger partial charge in [-0.1, -0.05) is 0 Å². The molecule has 2 rings (SSSR count). The fraction of sp³-hybridized carbons (Fsp3) is 0.0909. The van der Waals surface area contributed by atoms with E-state index in [1.54, 1.807) is 31.6 Å². The molecule has 0 spiro atoms. The lowest BCUT2D eigenvalue weighted by Crippen LogP contribution is -2.15. The van der Waals surface area contributed by atoms with Gasteiger partial charge < -0.3 is 10.6 Å². The minimum absolute atomic E-state index is 0.275. The molecule has 6 heteroatoms. The molecule has 0 saturated carbocycles. The number of carbonyl (C=O) groups is 1. The van der Waals surface area contributed by atoms with Crippen LogP contribution in [-0.4, -0.2) is 27.9 Å². The van der Waals surface area contributed by atoms with Gasteiger partial charge in [-0.2, -0.15) is 0 Å². The normalized spacial score (nSPS) is 9.71. The molecule has 0 atom stereocenters. The molecule has 0 aromatic carbocycles. The number of nitrogens with zero attached hydrogens (tertiary/aromatic N) is 3. The quantitative estimate of drug-likeness (QED) is 0.825. The molecule has 17 heavy (non-hydrogen) atoms. The van der Waals surface area contributed by atoms with E-state index in [1.807, 2.05) is 0 Å². The Morgan fingerprint density at radius 1 is 1.24 bits per heavy atom. The molecule has 0 saturated heterocycles. The maximum Gasteiger partial charge on any atom is 0.260 e. The van der Waals surface area contributed by atoms with E-state index in [2.05, 4.69) is 25.6 Å². The van der Waals surface area contributed by atoms with Gasteiger partial charge in [-0.25, -0.2) is 9.97 Å². The van der Waals surface area contributed by atoms with E-state index >= 15 is 0 Å². The van der Waals surface area contributed by atoms with E-state index in [4.69, 9.17) is 0 Å². The van der Waals surface area contributed by atoms with Crippen molar-refractivity contribution in [2.24, 2.45) is 0 Å². The average Bonchev–Trinajstić information content (AvgIpc) is 2.40. The van der Waals surface area contributed by atoms with E-state index < -0.39 is 0 Å². The van der Waals surface area contributed by atoms with Crippen LogP contribution in [0.15, 0.2) is 36.9 Å². The third-order valence-corrected chi connectivity index (χ3v) is 2.09. The molecular weight excluding hydrogens is 218 g/mol. The summed E-state index contributed by atoms with van der Waals surface area (Å²) in [5.41, 5.74) is 0.459. The van der Waals surface area contributed by atoms with Gasteiger partial charge in [-0.05, 0) is 12.1 Å². The summed E-state index contributed by atoms with van der Waals surface area (Å²) in [4.78, 5) is 23.8. The first-order valence-electron chi connectivity index (χ1n) is 5.01. The van der Waals surface area contributed by atoms with Crippen molar-refractivity contribution in [2.45, 2.75) is 0 Å². The Balaban J connectivity index is 2.20. The van der Waals surface area contributed by atoms with Crippen LogP contribution in [0, 0.1) is 0 Å². The second-order valence-corrected chi connectivity index (χ2v) is 3.19. The van der Waals surface area contributed by atoms with Crippen molar-refractivity contribution in [2.75, 3.05) is 17.7 Å². The van der Waals surface area contributed by atoms with E-state index in [1.165, 1.54) is 12.4 Å². The molecule has 2 aromatic rings. The zero-order chi connectivity index (χ0) is 12.1. The first-order valence-corrected chi connectivity index (χ1v) is 5.01. The summed E-state index contributed by atoms with van der Waals surface area (Å²) in [5.74, 6) is 0.653. The Morgan fingerprint density at radius 2 is 2.12 bits per heavy atom. The van der Waals surface area contributed by atoms with Crippen LogP contribution in [0.4, 0.5) is 11.6 Å². The second kappa shape index (κ2) is 5.02. The van der Waals surface area contributed by atoms with Crippen LogP contribution < -0.4 is 10.6 Å². The molecule has 0 unspecified atom stereocenters. The van der Waals surface area contributed by atoms with E-state index in [0.29, 0.717) is 17.2 Å². The predicted molar refractivity (Wildman–Crippen MR) is 63.8 cm³/mol. The van der Waals surface area contributed by atoms with Gasteiger partial charge in [0.1, 0.15) is 5.82 Å². The molecule has 0 aliphatic heterocycles. The molecule has 2 N–H and O–H groups in total. The highest BCUT2D eigenvalue weighted by Crippen LogP contribution is 2.12. The highest BCUT2D eigenvalue weighted by molar-refractivity contribution is 6.06. The maximum atomic E-state index is 11.9. The molecule has 0 bridgehead atoms. The monoisotopic (exact) mass is 229 g/mol. The van der Waals surface area contributed by atoms with Crippen LogP contribution in [0.25, 0.3) is 0 Å². The van der Waals surface area contributed by atoms with Crippen molar-refractivity contribution in [3.8, 4) is 0 Å². The summed E-state index contributed by atoms with van der Waals surface area (Å²) in [6.07, 6.45) is 6.15. The van der Waals surface area contributed by atoms with Crippen LogP contribution >= 0.6 is 0 Å². The number of hydrogen-bond acceptors (Lipinski definition) is 5. The minimum Gasteiger partial charge on any atom is -0.372 e. The SMILES string of the molecule is CNc1ncccc1C(=O)Nc1cnccn1. The van der Waals surface area contributed by atoms with Crippen molar-refractivity contribution in [1.82, 2.24) is 15.0 Å². The summed E-state index contributed by atoms with van der Waals surface area (Å²) in [7, 11) is 1.71. The number of anilines is 2. The lowest BCUT2D eigenvalue weighted by Gasteiger charge is -2.07. The fourth-order valence-corrected chi connectivity index (χ4v) is 1.34. The molecule has 86 valence electrons. The summed E-state index contributed by atoms with van der Waals surface area (Å²) < 4.78 is 0. The Hall–Kier alpha value is -2.50.